The van der Waals surface area contributed by atoms with Crippen LogP contribution >= 0.6 is 0 Å². The second-order valence-corrected chi connectivity index (χ2v) is 4.73. The van der Waals surface area contributed by atoms with Crippen LogP contribution in [0.3, 0.4) is 0 Å². The molecule has 0 aliphatic carbocycles. The van der Waals surface area contributed by atoms with Crippen molar-refractivity contribution >= 4 is 22.3 Å². The summed E-state index contributed by atoms with van der Waals surface area (Å²) in [6.45, 7) is 2.62. The van der Waals surface area contributed by atoms with Crippen LogP contribution in [0, 0.1) is 6.92 Å². The summed E-state index contributed by atoms with van der Waals surface area (Å²) in [6.07, 6.45) is 1.69. The zero-order valence-electron chi connectivity index (χ0n) is 11.3. The van der Waals surface area contributed by atoms with E-state index in [-0.39, 0.29) is 0 Å². The van der Waals surface area contributed by atoms with Crippen molar-refractivity contribution in [1.29, 1.82) is 0 Å². The molecule has 4 heteroatoms. The predicted molar refractivity (Wildman–Crippen MR) is 82.5 cm³/mol. The highest BCUT2D eigenvalue weighted by atomic mass is 14.9. The van der Waals surface area contributed by atoms with E-state index in [1.54, 1.807) is 6.20 Å². The Labute approximate surface area is 117 Å². The number of nitrogen functional groups attached to an aromatic ring is 1. The number of pyridine rings is 2. The van der Waals surface area contributed by atoms with E-state index in [2.05, 4.69) is 15.3 Å². The van der Waals surface area contributed by atoms with E-state index < -0.39 is 0 Å². The molecule has 3 N–H and O–H groups in total. The summed E-state index contributed by atoms with van der Waals surface area (Å²) in [5, 5.41) is 4.40. The number of aryl methyl sites for hydroxylation is 1. The SMILES string of the molecule is Cc1cccc(CNc2c(N)cnc3ccccc23)n1. The van der Waals surface area contributed by atoms with Gasteiger partial charge < -0.3 is 11.1 Å². The maximum Gasteiger partial charge on any atom is 0.0743 e. The van der Waals surface area contributed by atoms with Crippen molar-refractivity contribution in [2.45, 2.75) is 13.5 Å². The van der Waals surface area contributed by atoms with Gasteiger partial charge in [-0.25, -0.2) is 0 Å². The quantitative estimate of drug-likeness (QED) is 0.763. The Hall–Kier alpha value is -2.62. The topological polar surface area (TPSA) is 63.8 Å². The number of anilines is 2. The second-order valence-electron chi connectivity index (χ2n) is 4.73. The number of nitrogens with zero attached hydrogens (tertiary/aromatic N) is 2. The lowest BCUT2D eigenvalue weighted by molar-refractivity contribution is 1.02. The third kappa shape index (κ3) is 2.40. The fraction of sp³-hybridized carbons (Fsp3) is 0.125. The van der Waals surface area contributed by atoms with Gasteiger partial charge >= 0.3 is 0 Å². The number of fused-ring (bicyclic) bond motifs is 1. The normalized spacial score (nSPS) is 10.7. The fourth-order valence-corrected chi connectivity index (χ4v) is 2.23. The maximum atomic E-state index is 6.04. The van der Waals surface area contributed by atoms with Crippen molar-refractivity contribution in [2.24, 2.45) is 0 Å². The molecule has 0 aliphatic heterocycles. The van der Waals surface area contributed by atoms with E-state index in [4.69, 9.17) is 5.73 Å². The molecule has 0 unspecified atom stereocenters. The highest BCUT2D eigenvalue weighted by Gasteiger charge is 2.06. The summed E-state index contributed by atoms with van der Waals surface area (Å²) in [5.41, 5.74) is 10.5. The first-order chi connectivity index (χ1) is 9.74. The Morgan fingerprint density at radius 1 is 1.10 bits per heavy atom. The number of nitrogens with two attached hydrogens (primary N) is 1. The number of hydrogen-bond donors (Lipinski definition) is 2. The molecule has 0 radical (unpaired) electrons. The number of hydrogen-bond acceptors (Lipinski definition) is 4. The molecule has 0 amide bonds. The van der Waals surface area contributed by atoms with Crippen molar-refractivity contribution in [1.82, 2.24) is 9.97 Å². The fourth-order valence-electron chi connectivity index (χ4n) is 2.23. The number of para-hydroxylation sites is 1. The zero-order valence-corrected chi connectivity index (χ0v) is 11.3. The first-order valence-corrected chi connectivity index (χ1v) is 6.53. The van der Waals surface area contributed by atoms with E-state index in [0.29, 0.717) is 12.2 Å². The second kappa shape index (κ2) is 5.17. The molecule has 0 spiro atoms. The summed E-state index contributed by atoms with van der Waals surface area (Å²) < 4.78 is 0. The molecule has 20 heavy (non-hydrogen) atoms. The van der Waals surface area contributed by atoms with Crippen LogP contribution in [-0.2, 0) is 6.54 Å². The molecular weight excluding hydrogens is 248 g/mol. The lowest BCUT2D eigenvalue weighted by atomic mass is 10.1. The summed E-state index contributed by atoms with van der Waals surface area (Å²) in [4.78, 5) is 8.81. The molecular formula is C16H16N4. The van der Waals surface area contributed by atoms with E-state index >= 15 is 0 Å². The van der Waals surface area contributed by atoms with Gasteiger partial charge in [-0.1, -0.05) is 24.3 Å². The van der Waals surface area contributed by atoms with Crippen molar-refractivity contribution in [2.75, 3.05) is 11.1 Å². The minimum atomic E-state index is 0.639. The molecule has 100 valence electrons. The molecule has 2 heterocycles. The molecule has 3 aromatic rings. The Morgan fingerprint density at radius 2 is 1.95 bits per heavy atom. The summed E-state index contributed by atoms with van der Waals surface area (Å²) >= 11 is 0. The summed E-state index contributed by atoms with van der Waals surface area (Å²) in [7, 11) is 0. The molecule has 0 atom stereocenters. The highest BCUT2D eigenvalue weighted by Crippen LogP contribution is 2.27. The van der Waals surface area contributed by atoms with Gasteiger partial charge in [0, 0.05) is 11.1 Å². The predicted octanol–water partition coefficient (Wildman–Crippen LogP) is 3.13. The van der Waals surface area contributed by atoms with Crippen LogP contribution in [0.5, 0.6) is 0 Å². The molecule has 0 fully saturated rings. The van der Waals surface area contributed by atoms with Gasteiger partial charge in [-0.2, -0.15) is 0 Å². The van der Waals surface area contributed by atoms with Gasteiger partial charge in [-0.05, 0) is 25.1 Å². The largest absolute Gasteiger partial charge is 0.396 e. The van der Waals surface area contributed by atoms with Gasteiger partial charge in [0.2, 0.25) is 0 Å². The number of benzene rings is 1. The number of rotatable bonds is 3. The van der Waals surface area contributed by atoms with Crippen LogP contribution in [0.1, 0.15) is 11.4 Å². The van der Waals surface area contributed by atoms with Gasteiger partial charge in [-0.15, -0.1) is 0 Å². The maximum absolute atomic E-state index is 6.04. The van der Waals surface area contributed by atoms with Gasteiger partial charge in [0.15, 0.2) is 0 Å². The van der Waals surface area contributed by atoms with Crippen LogP contribution in [-0.4, -0.2) is 9.97 Å². The van der Waals surface area contributed by atoms with Crippen molar-refractivity contribution in [3.05, 3.63) is 60.0 Å². The summed E-state index contributed by atoms with van der Waals surface area (Å²) in [5.74, 6) is 0. The highest BCUT2D eigenvalue weighted by molar-refractivity contribution is 5.96. The Morgan fingerprint density at radius 3 is 2.80 bits per heavy atom. The molecule has 0 saturated heterocycles. The van der Waals surface area contributed by atoms with E-state index in [0.717, 1.165) is 28.0 Å². The van der Waals surface area contributed by atoms with Gasteiger partial charge in [0.05, 0.1) is 35.3 Å². The third-order valence-electron chi connectivity index (χ3n) is 3.20. The molecule has 0 aliphatic rings. The van der Waals surface area contributed by atoms with E-state index in [1.807, 2.05) is 49.4 Å². The number of nitrogens with one attached hydrogen (secondary N) is 1. The van der Waals surface area contributed by atoms with Crippen molar-refractivity contribution < 1.29 is 0 Å². The minimum Gasteiger partial charge on any atom is -0.396 e. The van der Waals surface area contributed by atoms with Crippen LogP contribution in [0.2, 0.25) is 0 Å². The molecule has 0 saturated carbocycles. The molecule has 1 aromatic carbocycles. The Kier molecular flexibility index (Phi) is 3.21. The van der Waals surface area contributed by atoms with Crippen molar-refractivity contribution in [3.8, 4) is 0 Å². The average Bonchev–Trinajstić information content (AvgIpc) is 2.46. The van der Waals surface area contributed by atoms with Crippen LogP contribution in [0.4, 0.5) is 11.4 Å². The monoisotopic (exact) mass is 264 g/mol. The lowest BCUT2D eigenvalue weighted by Crippen LogP contribution is -2.05. The molecule has 0 bridgehead atoms. The van der Waals surface area contributed by atoms with Crippen LogP contribution < -0.4 is 11.1 Å². The van der Waals surface area contributed by atoms with Gasteiger partial charge in [0.25, 0.3) is 0 Å². The zero-order chi connectivity index (χ0) is 13.9. The van der Waals surface area contributed by atoms with E-state index in [9.17, 15) is 0 Å². The number of aromatic nitrogens is 2. The third-order valence-corrected chi connectivity index (χ3v) is 3.20. The average molecular weight is 264 g/mol. The first-order valence-electron chi connectivity index (χ1n) is 6.53. The lowest BCUT2D eigenvalue weighted by Gasteiger charge is -2.12. The Balaban J connectivity index is 1.92. The minimum absolute atomic E-state index is 0.639. The van der Waals surface area contributed by atoms with Gasteiger partial charge in [-0.3, -0.25) is 9.97 Å². The molecule has 3 rings (SSSR count). The first kappa shape index (κ1) is 12.4. The standard InChI is InChI=1S/C16H16N4/c1-11-5-4-6-12(20-11)9-19-16-13-7-2-3-8-15(13)18-10-14(16)17/h2-8,10H,9,17H2,1H3,(H,18,19). The van der Waals surface area contributed by atoms with Gasteiger partial charge in [0.1, 0.15) is 0 Å². The van der Waals surface area contributed by atoms with Crippen LogP contribution in [0.25, 0.3) is 10.9 Å². The summed E-state index contributed by atoms with van der Waals surface area (Å²) in [6, 6.07) is 13.9. The molecule has 2 aromatic heterocycles. The van der Waals surface area contributed by atoms with E-state index in [1.165, 1.54) is 0 Å². The molecule has 4 nitrogen and oxygen atoms in total. The van der Waals surface area contributed by atoms with Crippen molar-refractivity contribution in [3.63, 3.8) is 0 Å². The Bertz CT molecular complexity index is 752. The van der Waals surface area contributed by atoms with Crippen LogP contribution in [0.15, 0.2) is 48.7 Å². The smallest absolute Gasteiger partial charge is 0.0743 e.